The Hall–Kier alpha value is -1.79. The molecule has 1 saturated heterocycles. The van der Waals surface area contributed by atoms with Gasteiger partial charge in [-0.3, -0.25) is 9.59 Å². The predicted molar refractivity (Wildman–Crippen MR) is 71.2 cm³/mol. The summed E-state index contributed by atoms with van der Waals surface area (Å²) in [5, 5.41) is 11.5. The van der Waals surface area contributed by atoms with Crippen molar-refractivity contribution in [2.24, 2.45) is 5.92 Å². The maximum Gasteiger partial charge on any atom is 0.407 e. The van der Waals surface area contributed by atoms with Crippen LogP contribution in [0.25, 0.3) is 0 Å². The summed E-state index contributed by atoms with van der Waals surface area (Å²) in [4.78, 5) is 35.7. The number of ether oxygens (including phenoxy) is 1. The lowest BCUT2D eigenvalue weighted by molar-refractivity contribution is -0.141. The predicted octanol–water partition coefficient (Wildman–Crippen LogP) is 0.834. The van der Waals surface area contributed by atoms with E-state index in [-0.39, 0.29) is 24.3 Å². The van der Waals surface area contributed by atoms with Crippen LogP contribution < -0.4 is 5.32 Å². The number of nitrogens with one attached hydrogen (secondary N) is 1. The van der Waals surface area contributed by atoms with Gasteiger partial charge in [0.25, 0.3) is 0 Å². The van der Waals surface area contributed by atoms with E-state index in [0.29, 0.717) is 25.9 Å². The first-order valence-electron chi connectivity index (χ1n) is 6.80. The Morgan fingerprint density at radius 2 is 2.05 bits per heavy atom. The Kier molecular flexibility index (Phi) is 6.27. The van der Waals surface area contributed by atoms with E-state index in [9.17, 15) is 14.4 Å². The minimum Gasteiger partial charge on any atom is -0.481 e. The smallest absolute Gasteiger partial charge is 0.407 e. The van der Waals surface area contributed by atoms with Crippen LogP contribution in [0.2, 0.25) is 0 Å². The summed E-state index contributed by atoms with van der Waals surface area (Å²) in [6.07, 6.45) is 1.15. The average molecular weight is 286 g/mol. The monoisotopic (exact) mass is 286 g/mol. The summed E-state index contributed by atoms with van der Waals surface area (Å²) < 4.78 is 4.54. The van der Waals surface area contributed by atoms with Gasteiger partial charge in [-0.2, -0.15) is 0 Å². The van der Waals surface area contributed by atoms with Crippen LogP contribution in [0.1, 0.15) is 32.6 Å². The van der Waals surface area contributed by atoms with E-state index in [4.69, 9.17) is 5.11 Å². The molecule has 0 bridgehead atoms. The second kappa shape index (κ2) is 7.72. The first-order valence-corrected chi connectivity index (χ1v) is 6.80. The summed E-state index contributed by atoms with van der Waals surface area (Å²) in [5.74, 6) is -1.04. The highest BCUT2D eigenvalue weighted by Gasteiger charge is 2.31. The van der Waals surface area contributed by atoms with Crippen molar-refractivity contribution in [3.8, 4) is 0 Å². The largest absolute Gasteiger partial charge is 0.481 e. The Morgan fingerprint density at radius 1 is 1.35 bits per heavy atom. The molecule has 0 aromatic rings. The zero-order valence-electron chi connectivity index (χ0n) is 11.9. The van der Waals surface area contributed by atoms with Gasteiger partial charge in [-0.15, -0.1) is 0 Å². The van der Waals surface area contributed by atoms with Crippen molar-refractivity contribution >= 4 is 18.0 Å². The minimum absolute atomic E-state index is 0.000690. The van der Waals surface area contributed by atoms with E-state index in [0.717, 1.165) is 6.42 Å². The molecule has 2 atom stereocenters. The van der Waals surface area contributed by atoms with E-state index >= 15 is 0 Å². The number of hydrogen-bond acceptors (Lipinski definition) is 4. The number of methoxy groups -OCH3 is 1. The molecule has 0 spiro atoms. The number of aliphatic carboxylic acids is 1. The molecule has 7 heteroatoms. The molecule has 0 saturated carbocycles. The highest BCUT2D eigenvalue weighted by atomic mass is 16.5. The minimum atomic E-state index is -0.892. The van der Waals surface area contributed by atoms with Gasteiger partial charge in [0, 0.05) is 25.9 Å². The fourth-order valence-corrected chi connectivity index (χ4v) is 2.50. The van der Waals surface area contributed by atoms with E-state index in [2.05, 4.69) is 10.1 Å². The third-order valence-corrected chi connectivity index (χ3v) is 3.32. The number of carboxylic acids is 1. The number of carboxylic acid groups (broad SMARTS) is 1. The molecule has 2 amide bonds. The summed E-state index contributed by atoms with van der Waals surface area (Å²) in [7, 11) is 1.27. The SMILES string of the molecule is CCCC(=O)N1CC(CC(=O)O)CC(NC(=O)OC)C1. The van der Waals surface area contributed by atoms with Crippen molar-refractivity contribution in [2.75, 3.05) is 20.2 Å². The van der Waals surface area contributed by atoms with E-state index in [1.54, 1.807) is 4.90 Å². The van der Waals surface area contributed by atoms with Gasteiger partial charge in [-0.25, -0.2) is 4.79 Å². The molecule has 2 N–H and O–H groups in total. The molecular formula is C13H22N2O5. The number of rotatable bonds is 5. The summed E-state index contributed by atoms with van der Waals surface area (Å²) >= 11 is 0. The molecular weight excluding hydrogens is 264 g/mol. The Labute approximate surface area is 118 Å². The average Bonchev–Trinajstić information content (AvgIpc) is 2.37. The number of carbonyl (C=O) groups is 3. The standard InChI is InChI=1S/C13H22N2O5/c1-3-4-11(16)15-7-9(6-12(17)18)5-10(8-15)14-13(19)20-2/h9-10H,3-8H2,1-2H3,(H,14,19)(H,17,18). The van der Waals surface area contributed by atoms with E-state index in [1.165, 1.54) is 7.11 Å². The van der Waals surface area contributed by atoms with Crippen molar-refractivity contribution in [2.45, 2.75) is 38.6 Å². The summed E-state index contributed by atoms with van der Waals surface area (Å²) in [6.45, 7) is 2.76. The third-order valence-electron chi connectivity index (χ3n) is 3.32. The molecule has 1 fully saturated rings. The number of amides is 2. The van der Waals surface area contributed by atoms with Crippen LogP contribution in [0.5, 0.6) is 0 Å². The summed E-state index contributed by atoms with van der Waals surface area (Å²) in [5.41, 5.74) is 0. The van der Waals surface area contributed by atoms with Gasteiger partial charge in [0.15, 0.2) is 0 Å². The number of carbonyl (C=O) groups excluding carboxylic acids is 2. The highest BCUT2D eigenvalue weighted by Crippen LogP contribution is 2.21. The Bertz CT molecular complexity index is 372. The third kappa shape index (κ3) is 5.07. The zero-order valence-corrected chi connectivity index (χ0v) is 11.9. The molecule has 1 aliphatic rings. The molecule has 0 aromatic carbocycles. The first-order chi connectivity index (χ1) is 9.46. The number of nitrogens with zero attached hydrogens (tertiary/aromatic N) is 1. The van der Waals surface area contributed by atoms with Gasteiger partial charge in [0.2, 0.25) is 5.91 Å². The van der Waals surface area contributed by atoms with Gasteiger partial charge in [-0.1, -0.05) is 6.92 Å². The van der Waals surface area contributed by atoms with Gasteiger partial charge >= 0.3 is 12.1 Å². The van der Waals surface area contributed by atoms with Crippen molar-refractivity contribution in [1.29, 1.82) is 0 Å². The Morgan fingerprint density at radius 3 is 2.60 bits per heavy atom. The maximum absolute atomic E-state index is 12.0. The lowest BCUT2D eigenvalue weighted by Gasteiger charge is -2.37. The van der Waals surface area contributed by atoms with Gasteiger partial charge < -0.3 is 20.1 Å². The van der Waals surface area contributed by atoms with E-state index in [1.807, 2.05) is 6.92 Å². The van der Waals surface area contributed by atoms with Crippen LogP contribution in [-0.2, 0) is 14.3 Å². The van der Waals surface area contributed by atoms with Gasteiger partial charge in [0.05, 0.1) is 13.2 Å². The number of piperidine rings is 1. The molecule has 20 heavy (non-hydrogen) atoms. The van der Waals surface area contributed by atoms with Crippen molar-refractivity contribution in [3.05, 3.63) is 0 Å². The van der Waals surface area contributed by atoms with Crippen LogP contribution in [0, 0.1) is 5.92 Å². The molecule has 1 aliphatic heterocycles. The molecule has 1 heterocycles. The molecule has 0 aromatic heterocycles. The van der Waals surface area contributed by atoms with Gasteiger partial charge in [0.1, 0.15) is 0 Å². The van der Waals surface area contributed by atoms with Crippen LogP contribution >= 0.6 is 0 Å². The lowest BCUT2D eigenvalue weighted by Crippen LogP contribution is -2.52. The molecule has 1 rings (SSSR count). The second-order valence-electron chi connectivity index (χ2n) is 5.08. The van der Waals surface area contributed by atoms with Crippen LogP contribution in [0.15, 0.2) is 0 Å². The normalized spacial score (nSPS) is 22.2. The summed E-state index contributed by atoms with van der Waals surface area (Å²) in [6, 6.07) is -0.263. The molecule has 2 unspecified atom stereocenters. The van der Waals surface area contributed by atoms with Crippen molar-refractivity contribution in [1.82, 2.24) is 10.2 Å². The first kappa shape index (κ1) is 16.3. The van der Waals surface area contributed by atoms with Crippen LogP contribution in [0.4, 0.5) is 4.79 Å². The van der Waals surface area contributed by atoms with Crippen LogP contribution in [-0.4, -0.2) is 54.2 Å². The lowest BCUT2D eigenvalue weighted by atomic mass is 9.91. The number of likely N-dealkylation sites (tertiary alicyclic amines) is 1. The molecule has 0 radical (unpaired) electrons. The fraction of sp³-hybridized carbons (Fsp3) is 0.769. The number of hydrogen-bond donors (Lipinski definition) is 2. The van der Waals surface area contributed by atoms with Crippen LogP contribution in [0.3, 0.4) is 0 Å². The number of alkyl carbamates (subject to hydrolysis) is 1. The molecule has 114 valence electrons. The molecule has 0 aliphatic carbocycles. The quantitative estimate of drug-likeness (QED) is 0.780. The zero-order chi connectivity index (χ0) is 15.1. The van der Waals surface area contributed by atoms with Crippen molar-refractivity contribution in [3.63, 3.8) is 0 Å². The van der Waals surface area contributed by atoms with Crippen molar-refractivity contribution < 1.29 is 24.2 Å². The highest BCUT2D eigenvalue weighted by molar-refractivity contribution is 5.76. The maximum atomic E-state index is 12.0. The Balaban J connectivity index is 2.68. The molecule has 7 nitrogen and oxygen atoms in total. The topological polar surface area (TPSA) is 95.9 Å². The van der Waals surface area contributed by atoms with E-state index < -0.39 is 12.1 Å². The fourth-order valence-electron chi connectivity index (χ4n) is 2.50. The van der Waals surface area contributed by atoms with Gasteiger partial charge in [-0.05, 0) is 18.8 Å². The second-order valence-corrected chi connectivity index (χ2v) is 5.08.